The summed E-state index contributed by atoms with van der Waals surface area (Å²) in [6, 6.07) is 5.25. The number of rotatable bonds is 9. The first kappa shape index (κ1) is 28.8. The molecule has 1 saturated heterocycles. The van der Waals surface area contributed by atoms with Crippen molar-refractivity contribution in [2.75, 3.05) is 52.2 Å². The lowest BCUT2D eigenvalue weighted by Crippen LogP contribution is -2.29. The summed E-state index contributed by atoms with van der Waals surface area (Å²) in [5.41, 5.74) is 3.83. The maximum Gasteiger partial charge on any atom is 0.163 e. The second-order valence-electron chi connectivity index (χ2n) is 9.12. The Morgan fingerprint density at radius 3 is 2.46 bits per heavy atom. The molecule has 3 N–H and O–H groups in total. The number of hydrogen-bond acceptors (Lipinski definition) is 9. The van der Waals surface area contributed by atoms with E-state index in [4.69, 9.17) is 25.8 Å². The van der Waals surface area contributed by atoms with Crippen LogP contribution in [0, 0.1) is 20.8 Å². The Labute approximate surface area is 224 Å². The summed E-state index contributed by atoms with van der Waals surface area (Å²) in [6.45, 7) is 12.4. The summed E-state index contributed by atoms with van der Waals surface area (Å²) in [5.74, 6) is 2.38. The molecule has 0 saturated carbocycles. The van der Waals surface area contributed by atoms with Gasteiger partial charge in [0.15, 0.2) is 5.82 Å². The van der Waals surface area contributed by atoms with Crippen LogP contribution < -0.4 is 15.4 Å². The first-order valence-corrected chi connectivity index (χ1v) is 13.1. The highest BCUT2D eigenvalue weighted by Crippen LogP contribution is 2.35. The number of halogens is 1. The predicted molar refractivity (Wildman–Crippen MR) is 149 cm³/mol. The van der Waals surface area contributed by atoms with Crippen LogP contribution in [0.3, 0.4) is 0 Å². The van der Waals surface area contributed by atoms with E-state index >= 15 is 0 Å². The van der Waals surface area contributed by atoms with E-state index in [1.165, 1.54) is 32.5 Å². The van der Waals surface area contributed by atoms with E-state index in [0.717, 1.165) is 22.5 Å². The minimum absolute atomic E-state index is 0.156. The lowest BCUT2D eigenvalue weighted by Gasteiger charge is -2.15. The number of aromatic nitrogens is 3. The molecule has 1 atom stereocenters. The van der Waals surface area contributed by atoms with Crippen molar-refractivity contribution < 1.29 is 14.4 Å². The molecule has 202 valence electrons. The van der Waals surface area contributed by atoms with E-state index in [0.29, 0.717) is 40.3 Å². The quantitative estimate of drug-likeness (QED) is 0.369. The average Bonchev–Trinajstić information content (AvgIpc) is 3.54. The highest BCUT2D eigenvalue weighted by atomic mass is 35.5. The Morgan fingerprint density at radius 2 is 1.89 bits per heavy atom. The van der Waals surface area contributed by atoms with Gasteiger partial charge in [0.1, 0.15) is 30.0 Å². The summed E-state index contributed by atoms with van der Waals surface area (Å²) >= 11 is 6.47. The second-order valence-corrected chi connectivity index (χ2v) is 9.53. The number of nitrogens with zero attached hydrogens (tertiary/aromatic N) is 4. The molecule has 0 radical (unpaired) electrons. The van der Waals surface area contributed by atoms with Crippen LogP contribution in [0.2, 0.25) is 5.02 Å². The van der Waals surface area contributed by atoms with Crippen LogP contribution in [-0.4, -0.2) is 78.1 Å². The molecule has 1 aliphatic rings. The number of ether oxygens (including phenoxy) is 1. The summed E-state index contributed by atoms with van der Waals surface area (Å²) in [7, 11) is 3.58. The molecule has 0 spiro atoms. The number of hydrogen-bond donors (Lipinski definition) is 3. The van der Waals surface area contributed by atoms with E-state index < -0.39 is 6.10 Å². The van der Waals surface area contributed by atoms with Gasteiger partial charge in [-0.3, -0.25) is 0 Å². The van der Waals surface area contributed by atoms with Gasteiger partial charge >= 0.3 is 0 Å². The molecular formula is C27H39ClN6O3. The summed E-state index contributed by atoms with van der Waals surface area (Å²) < 4.78 is 11.0. The molecule has 2 aromatic heterocycles. The zero-order valence-electron chi connectivity index (χ0n) is 22.7. The van der Waals surface area contributed by atoms with Crippen molar-refractivity contribution in [2.24, 2.45) is 0 Å². The molecule has 4 rings (SSSR count). The Hall–Kier alpha value is -2.72. The summed E-state index contributed by atoms with van der Waals surface area (Å²) in [4.78, 5) is 11.9. The van der Waals surface area contributed by atoms with Crippen molar-refractivity contribution in [3.63, 3.8) is 0 Å². The number of likely N-dealkylation sites (tertiary alicyclic amines) is 1. The van der Waals surface area contributed by atoms with Crippen molar-refractivity contribution in [1.82, 2.24) is 25.3 Å². The molecule has 1 fully saturated rings. The maximum atomic E-state index is 9.88. The lowest BCUT2D eigenvalue weighted by atomic mass is 10.0. The highest BCUT2D eigenvalue weighted by Gasteiger charge is 2.21. The fourth-order valence-electron chi connectivity index (χ4n) is 4.30. The second kappa shape index (κ2) is 13.7. The first-order chi connectivity index (χ1) is 17.8. The number of aliphatic hydroxyl groups excluding tert-OH is 1. The standard InChI is InChI=1S/C21H26ClN5O3.C6H13N/c1-11-19(18-12(2)27-30-13(18)3)25-21(26-20(11)24-5)16-8-15(6-7-17(16)22)29-10-14(28)9-23-4;1-2-7-5-3-4-6-7/h6-8,14,23,28H,9-10H2,1-5H3,(H,24,25,26);2-6H2,1H3. The minimum atomic E-state index is -0.619. The van der Waals surface area contributed by atoms with Gasteiger partial charge in [0.2, 0.25) is 0 Å². The molecule has 1 aromatic carbocycles. The fraction of sp³-hybridized carbons (Fsp3) is 0.519. The first-order valence-electron chi connectivity index (χ1n) is 12.8. The fourth-order valence-corrected chi connectivity index (χ4v) is 4.50. The number of anilines is 1. The van der Waals surface area contributed by atoms with Crippen LogP contribution in [0.4, 0.5) is 5.82 Å². The van der Waals surface area contributed by atoms with Gasteiger partial charge in [0.05, 0.1) is 22.0 Å². The summed E-state index contributed by atoms with van der Waals surface area (Å²) in [5, 5.41) is 20.4. The Kier molecular flexibility index (Phi) is 10.7. The zero-order valence-corrected chi connectivity index (χ0v) is 23.4. The van der Waals surface area contributed by atoms with E-state index in [-0.39, 0.29) is 6.61 Å². The highest BCUT2D eigenvalue weighted by molar-refractivity contribution is 6.33. The normalized spacial score (nSPS) is 14.3. The Morgan fingerprint density at radius 1 is 1.16 bits per heavy atom. The molecule has 10 heteroatoms. The lowest BCUT2D eigenvalue weighted by molar-refractivity contribution is 0.108. The topological polar surface area (TPSA) is 109 Å². The van der Waals surface area contributed by atoms with Gasteiger partial charge in [0.25, 0.3) is 0 Å². The maximum absolute atomic E-state index is 9.88. The molecular weight excluding hydrogens is 492 g/mol. The van der Waals surface area contributed by atoms with Gasteiger partial charge in [-0.05, 0) is 78.5 Å². The van der Waals surface area contributed by atoms with Gasteiger partial charge in [-0.15, -0.1) is 0 Å². The summed E-state index contributed by atoms with van der Waals surface area (Å²) in [6.07, 6.45) is 2.23. The minimum Gasteiger partial charge on any atom is -0.491 e. The number of aliphatic hydroxyl groups is 1. The van der Waals surface area contributed by atoms with Gasteiger partial charge < -0.3 is 29.9 Å². The predicted octanol–water partition coefficient (Wildman–Crippen LogP) is 4.48. The monoisotopic (exact) mass is 530 g/mol. The Bertz CT molecular complexity index is 1140. The van der Waals surface area contributed by atoms with Gasteiger partial charge in [0, 0.05) is 24.7 Å². The van der Waals surface area contributed by atoms with Crippen LogP contribution in [0.15, 0.2) is 22.7 Å². The number of benzene rings is 1. The van der Waals surface area contributed by atoms with E-state index in [2.05, 4.69) is 32.6 Å². The zero-order chi connectivity index (χ0) is 26.9. The van der Waals surface area contributed by atoms with Crippen molar-refractivity contribution in [3.8, 4) is 28.4 Å². The molecule has 3 heterocycles. The van der Waals surface area contributed by atoms with E-state index in [1.54, 1.807) is 32.3 Å². The van der Waals surface area contributed by atoms with E-state index in [1.807, 2.05) is 20.8 Å². The molecule has 1 aliphatic heterocycles. The van der Waals surface area contributed by atoms with Crippen LogP contribution in [-0.2, 0) is 0 Å². The largest absolute Gasteiger partial charge is 0.491 e. The molecule has 9 nitrogen and oxygen atoms in total. The SMILES string of the molecule is CCN1CCCC1.CNCC(O)COc1ccc(Cl)c(-c2nc(NC)c(C)c(-c3c(C)noc3C)n2)c1. The third-order valence-corrected chi connectivity index (χ3v) is 6.69. The van der Waals surface area contributed by atoms with Crippen LogP contribution in [0.1, 0.15) is 36.8 Å². The molecule has 0 amide bonds. The molecule has 37 heavy (non-hydrogen) atoms. The van der Waals surface area contributed by atoms with Crippen LogP contribution >= 0.6 is 11.6 Å². The third-order valence-electron chi connectivity index (χ3n) is 6.36. The van der Waals surface area contributed by atoms with E-state index in [9.17, 15) is 5.11 Å². The number of aryl methyl sites for hydroxylation is 2. The smallest absolute Gasteiger partial charge is 0.163 e. The molecule has 1 unspecified atom stereocenters. The van der Waals surface area contributed by atoms with Gasteiger partial charge in [-0.25, -0.2) is 9.97 Å². The number of nitrogens with one attached hydrogen (secondary N) is 2. The van der Waals surface area contributed by atoms with Crippen molar-refractivity contribution in [1.29, 1.82) is 0 Å². The molecule has 3 aromatic rings. The molecule has 0 bridgehead atoms. The molecule has 0 aliphatic carbocycles. The van der Waals surface area contributed by atoms with Crippen molar-refractivity contribution in [3.05, 3.63) is 40.2 Å². The third kappa shape index (κ3) is 7.41. The van der Waals surface area contributed by atoms with Gasteiger partial charge in [-0.2, -0.15) is 0 Å². The van der Waals surface area contributed by atoms with Gasteiger partial charge in [-0.1, -0.05) is 23.7 Å². The van der Waals surface area contributed by atoms with Crippen molar-refractivity contribution in [2.45, 2.75) is 46.6 Å². The van der Waals surface area contributed by atoms with Crippen molar-refractivity contribution >= 4 is 17.4 Å². The average molecular weight is 531 g/mol. The van der Waals surface area contributed by atoms with Crippen LogP contribution in [0.5, 0.6) is 5.75 Å². The number of likely N-dealkylation sites (N-methyl/N-ethyl adjacent to an activating group) is 1. The Balaban J connectivity index is 0.000000468. The van der Waals surface area contributed by atoms with Crippen LogP contribution in [0.25, 0.3) is 22.6 Å².